The van der Waals surface area contributed by atoms with Crippen molar-refractivity contribution < 1.29 is 28.5 Å². The second-order valence-corrected chi connectivity index (χ2v) is 7.01. The molecule has 0 aromatic heterocycles. The summed E-state index contributed by atoms with van der Waals surface area (Å²) < 4.78 is 39.9. The van der Waals surface area contributed by atoms with Gasteiger partial charge in [-0.3, -0.25) is 0 Å². The van der Waals surface area contributed by atoms with Gasteiger partial charge in [-0.25, -0.2) is 0 Å². The molecule has 1 aliphatic heterocycles. The van der Waals surface area contributed by atoms with Crippen LogP contribution in [0.1, 0.15) is 25.0 Å². The highest BCUT2D eigenvalue weighted by molar-refractivity contribution is 5.62. The summed E-state index contributed by atoms with van der Waals surface area (Å²) in [6.07, 6.45) is -7.60. The van der Waals surface area contributed by atoms with E-state index < -0.39 is 35.4 Å². The van der Waals surface area contributed by atoms with Crippen LogP contribution in [0.4, 0.5) is 24.5 Å². The smallest absolute Gasteiger partial charge is 0.417 e. The number of aromatic hydroxyl groups is 1. The Balaban J connectivity index is 2.08. The van der Waals surface area contributed by atoms with E-state index in [4.69, 9.17) is 5.26 Å². The van der Waals surface area contributed by atoms with Crippen LogP contribution in [0.15, 0.2) is 42.5 Å². The van der Waals surface area contributed by atoms with Crippen molar-refractivity contribution in [3.05, 3.63) is 53.6 Å². The molecule has 0 radical (unpaired) electrons. The van der Waals surface area contributed by atoms with Crippen molar-refractivity contribution in [2.45, 2.75) is 38.1 Å². The molecule has 0 amide bonds. The van der Waals surface area contributed by atoms with Crippen molar-refractivity contribution in [3.8, 4) is 11.8 Å². The van der Waals surface area contributed by atoms with E-state index >= 15 is 0 Å². The Kier molecular flexibility index (Phi) is 4.65. The minimum atomic E-state index is -4.76. The average molecular weight is 393 g/mol. The van der Waals surface area contributed by atoms with Crippen molar-refractivity contribution in [2.75, 3.05) is 9.80 Å². The number of nitrogens with zero attached hydrogens (tertiary/aromatic N) is 3. The van der Waals surface area contributed by atoms with Crippen LogP contribution >= 0.6 is 0 Å². The van der Waals surface area contributed by atoms with Crippen molar-refractivity contribution in [3.63, 3.8) is 0 Å². The van der Waals surface area contributed by atoms with Crippen LogP contribution in [0, 0.1) is 11.3 Å². The Labute approximate surface area is 159 Å². The number of halogens is 3. The molecule has 2 aromatic rings. The molecule has 0 bridgehead atoms. The summed E-state index contributed by atoms with van der Waals surface area (Å²) in [5, 5.41) is 40.0. The summed E-state index contributed by atoms with van der Waals surface area (Å²) in [6, 6.07) is 10.3. The summed E-state index contributed by atoms with van der Waals surface area (Å²) >= 11 is 0. The molecule has 2 atom stereocenters. The predicted molar refractivity (Wildman–Crippen MR) is 95.3 cm³/mol. The predicted octanol–water partition coefficient (Wildman–Crippen LogP) is 2.98. The van der Waals surface area contributed by atoms with E-state index in [0.29, 0.717) is 5.69 Å². The molecule has 2 aromatic carbocycles. The number of hydrogen-bond donors (Lipinski definition) is 3. The van der Waals surface area contributed by atoms with Gasteiger partial charge in [0.25, 0.3) is 0 Å². The monoisotopic (exact) mass is 393 g/mol. The Hall–Kier alpha value is -2.96. The van der Waals surface area contributed by atoms with Crippen molar-refractivity contribution in [2.24, 2.45) is 0 Å². The maximum atomic E-state index is 13.3. The topological polar surface area (TPSA) is 91.0 Å². The molecule has 1 heterocycles. The van der Waals surface area contributed by atoms with E-state index in [1.54, 1.807) is 13.8 Å². The van der Waals surface area contributed by atoms with Crippen molar-refractivity contribution in [1.82, 2.24) is 0 Å². The first-order valence-corrected chi connectivity index (χ1v) is 8.32. The second kappa shape index (κ2) is 6.58. The molecule has 6 nitrogen and oxygen atoms in total. The van der Waals surface area contributed by atoms with Gasteiger partial charge in [-0.15, -0.1) is 0 Å². The van der Waals surface area contributed by atoms with E-state index in [2.05, 4.69) is 0 Å². The Morgan fingerprint density at radius 2 is 1.61 bits per heavy atom. The summed E-state index contributed by atoms with van der Waals surface area (Å²) in [4.78, 5) is 2.48. The molecule has 9 heteroatoms. The lowest BCUT2D eigenvalue weighted by molar-refractivity contribution is -0.137. The van der Waals surface area contributed by atoms with Gasteiger partial charge < -0.3 is 25.1 Å². The Morgan fingerprint density at radius 1 is 1.04 bits per heavy atom. The summed E-state index contributed by atoms with van der Waals surface area (Å²) in [5.41, 5.74) is -2.40. The number of aliphatic hydroxyl groups excluding tert-OH is 2. The van der Waals surface area contributed by atoms with Crippen LogP contribution in [0.2, 0.25) is 0 Å². The van der Waals surface area contributed by atoms with Gasteiger partial charge in [-0.2, -0.15) is 18.4 Å². The van der Waals surface area contributed by atoms with Gasteiger partial charge in [0.2, 0.25) is 6.35 Å². The quantitative estimate of drug-likeness (QED) is 0.727. The Bertz CT molecular complexity index is 923. The standard InChI is InChI=1S/C19H18F3N3O3/c1-18(2)16(27)24(17(28)25(18)12-5-7-14(26)8-6-12)13-4-3-11(10-23)15(9-13)19(20,21)22/h3-9,16-17,26-28H,1-2H3. The summed E-state index contributed by atoms with van der Waals surface area (Å²) in [7, 11) is 0. The molecule has 1 saturated heterocycles. The van der Waals surface area contributed by atoms with Gasteiger partial charge in [0.15, 0.2) is 6.23 Å². The highest BCUT2D eigenvalue weighted by Crippen LogP contribution is 2.42. The normalized spacial score (nSPS) is 21.6. The third kappa shape index (κ3) is 3.10. The van der Waals surface area contributed by atoms with Crippen LogP contribution in [-0.4, -0.2) is 33.4 Å². The number of alkyl halides is 3. The summed E-state index contributed by atoms with van der Waals surface area (Å²) in [6.45, 7) is 3.25. The molecule has 3 N–H and O–H groups in total. The fourth-order valence-corrected chi connectivity index (χ4v) is 3.39. The van der Waals surface area contributed by atoms with E-state index in [1.807, 2.05) is 0 Å². The molecular weight excluding hydrogens is 375 g/mol. The SMILES string of the molecule is CC1(C)C(O)N(c2ccc(C#N)c(C(F)(F)F)c2)C(O)N1c1ccc(O)cc1. The largest absolute Gasteiger partial charge is 0.508 e. The van der Waals surface area contributed by atoms with Crippen LogP contribution in [0.25, 0.3) is 0 Å². The highest BCUT2D eigenvalue weighted by atomic mass is 19.4. The van der Waals surface area contributed by atoms with Crippen LogP contribution in [0.5, 0.6) is 5.75 Å². The van der Waals surface area contributed by atoms with Crippen molar-refractivity contribution >= 4 is 11.4 Å². The zero-order valence-corrected chi connectivity index (χ0v) is 15.0. The van der Waals surface area contributed by atoms with Crippen LogP contribution < -0.4 is 9.80 Å². The van der Waals surface area contributed by atoms with Gasteiger partial charge in [0, 0.05) is 11.4 Å². The first-order valence-electron chi connectivity index (χ1n) is 8.32. The number of nitriles is 1. The molecule has 0 spiro atoms. The molecule has 3 rings (SSSR count). The second-order valence-electron chi connectivity index (χ2n) is 7.01. The van der Waals surface area contributed by atoms with E-state index in [0.717, 1.165) is 17.0 Å². The minimum absolute atomic E-state index is 0.00885. The molecule has 0 aliphatic carbocycles. The third-order valence-corrected chi connectivity index (χ3v) is 4.85. The molecule has 1 fully saturated rings. The van der Waals surface area contributed by atoms with Crippen LogP contribution in [0.3, 0.4) is 0 Å². The first kappa shape index (κ1) is 19.8. The summed E-state index contributed by atoms with van der Waals surface area (Å²) in [5.74, 6) is 0.00885. The number of rotatable bonds is 2. The van der Waals surface area contributed by atoms with Gasteiger partial charge in [0.1, 0.15) is 5.75 Å². The third-order valence-electron chi connectivity index (χ3n) is 4.85. The molecule has 0 saturated carbocycles. The zero-order chi connectivity index (χ0) is 20.9. The van der Waals surface area contributed by atoms with Crippen molar-refractivity contribution in [1.29, 1.82) is 5.26 Å². The van der Waals surface area contributed by atoms with Gasteiger partial charge in [0.05, 0.1) is 22.7 Å². The number of aliphatic hydroxyl groups is 2. The number of phenols is 1. The van der Waals surface area contributed by atoms with E-state index in [-0.39, 0.29) is 11.4 Å². The lowest BCUT2D eigenvalue weighted by atomic mass is 10.0. The molecular formula is C19H18F3N3O3. The lowest BCUT2D eigenvalue weighted by Crippen LogP contribution is -2.47. The van der Waals surface area contributed by atoms with Crippen LogP contribution in [-0.2, 0) is 6.18 Å². The average Bonchev–Trinajstić information content (AvgIpc) is 2.79. The zero-order valence-electron chi connectivity index (χ0n) is 15.0. The molecule has 1 aliphatic rings. The number of benzene rings is 2. The minimum Gasteiger partial charge on any atom is -0.508 e. The maximum Gasteiger partial charge on any atom is 0.417 e. The molecule has 148 valence electrons. The van der Waals surface area contributed by atoms with E-state index in [1.165, 1.54) is 41.3 Å². The fourth-order valence-electron chi connectivity index (χ4n) is 3.39. The maximum absolute atomic E-state index is 13.3. The van der Waals surface area contributed by atoms with E-state index in [9.17, 15) is 28.5 Å². The fraction of sp³-hybridized carbons (Fsp3) is 0.316. The van der Waals surface area contributed by atoms with Gasteiger partial charge >= 0.3 is 6.18 Å². The lowest BCUT2D eigenvalue weighted by Gasteiger charge is -2.34. The van der Waals surface area contributed by atoms with Gasteiger partial charge in [-0.05, 0) is 56.3 Å². The van der Waals surface area contributed by atoms with Gasteiger partial charge in [-0.1, -0.05) is 0 Å². The number of anilines is 2. The number of hydrogen-bond acceptors (Lipinski definition) is 6. The number of phenolic OH excluding ortho intramolecular Hbond substituents is 1. The highest BCUT2D eigenvalue weighted by Gasteiger charge is 2.52. The molecule has 28 heavy (non-hydrogen) atoms. The molecule has 2 unspecified atom stereocenters. The Morgan fingerprint density at radius 3 is 2.14 bits per heavy atom. The first-order chi connectivity index (χ1) is 13.0.